The van der Waals surface area contributed by atoms with Gasteiger partial charge in [0.15, 0.2) is 0 Å². The predicted molar refractivity (Wildman–Crippen MR) is 220 cm³/mol. The molecule has 2 bridgehead atoms. The maximum Gasteiger partial charge on any atom is 0.318 e. The van der Waals surface area contributed by atoms with Crippen molar-refractivity contribution in [3.05, 3.63) is 77.9 Å². The van der Waals surface area contributed by atoms with Crippen LogP contribution < -0.4 is 24.3 Å². The second kappa shape index (κ2) is 15.1. The van der Waals surface area contributed by atoms with Crippen LogP contribution in [0.5, 0.6) is 11.8 Å². The van der Waals surface area contributed by atoms with Gasteiger partial charge in [0.25, 0.3) is 0 Å². The van der Waals surface area contributed by atoms with Crippen LogP contribution in [0, 0.1) is 18.2 Å². The molecule has 13 nitrogen and oxygen atoms in total. The number of anilines is 4. The molecule has 0 spiro atoms. The van der Waals surface area contributed by atoms with Crippen molar-refractivity contribution in [3.63, 3.8) is 0 Å². The molecule has 2 N–H and O–H groups in total. The molecule has 59 heavy (non-hydrogen) atoms. The van der Waals surface area contributed by atoms with E-state index in [0.717, 1.165) is 23.6 Å². The quantitative estimate of drug-likeness (QED) is 0.194. The van der Waals surface area contributed by atoms with E-state index in [-0.39, 0.29) is 61.4 Å². The zero-order chi connectivity index (χ0) is 41.2. The fourth-order valence-electron chi connectivity index (χ4n) is 9.89. The Hall–Kier alpha value is -5.72. The minimum atomic E-state index is -1.09. The van der Waals surface area contributed by atoms with Crippen LogP contribution in [0.15, 0.2) is 55.3 Å². The molecule has 2 aromatic heterocycles. The maximum atomic E-state index is 15.4. The van der Waals surface area contributed by atoms with E-state index in [1.807, 2.05) is 28.9 Å². The summed E-state index contributed by atoms with van der Waals surface area (Å²) in [7, 11) is 0. The van der Waals surface area contributed by atoms with Gasteiger partial charge < -0.3 is 44.2 Å². The number of morpholine rings is 1. The highest BCUT2D eigenvalue weighted by atomic mass is 19.1. The molecule has 7 heterocycles. The van der Waals surface area contributed by atoms with Gasteiger partial charge in [0.1, 0.15) is 36.0 Å². The molecule has 4 aromatic rings. The molecule has 5 aliphatic rings. The Bertz CT molecular complexity index is 2340. The van der Waals surface area contributed by atoms with Gasteiger partial charge in [-0.25, -0.2) is 13.8 Å². The summed E-state index contributed by atoms with van der Waals surface area (Å²) in [5.41, 5.74) is 2.25. The number of carbonyl (C=O) groups is 1. The molecular formula is C44H48F2N8O5. The number of pyridine rings is 1. The molecule has 15 heteroatoms. The number of hydrogen-bond acceptors (Lipinski definition) is 12. The maximum absolute atomic E-state index is 15.4. The zero-order valence-corrected chi connectivity index (χ0v) is 33.2. The highest BCUT2D eigenvalue weighted by Crippen LogP contribution is 2.41. The van der Waals surface area contributed by atoms with Gasteiger partial charge >= 0.3 is 6.01 Å². The molecule has 6 atom stereocenters. The number of phenols is 1. The first-order valence-corrected chi connectivity index (χ1v) is 20.2. The van der Waals surface area contributed by atoms with E-state index in [4.69, 9.17) is 30.8 Å². The van der Waals surface area contributed by atoms with Crippen molar-refractivity contribution in [2.24, 2.45) is 0 Å². The van der Waals surface area contributed by atoms with Crippen LogP contribution in [0.4, 0.5) is 31.8 Å². The first-order valence-electron chi connectivity index (χ1n) is 20.2. The lowest BCUT2D eigenvalue weighted by Gasteiger charge is -2.42. The van der Waals surface area contributed by atoms with Crippen molar-refractivity contribution in [2.45, 2.75) is 75.6 Å². The number of ether oxygens (including phenoxy) is 2. The topological polar surface area (TPSA) is 131 Å². The van der Waals surface area contributed by atoms with Crippen molar-refractivity contribution >= 4 is 39.7 Å². The van der Waals surface area contributed by atoms with Crippen molar-refractivity contribution < 1.29 is 33.3 Å². The second-order valence-corrected chi connectivity index (χ2v) is 16.6. The van der Waals surface area contributed by atoms with Crippen molar-refractivity contribution in [1.82, 2.24) is 19.9 Å². The number of halogens is 2. The molecule has 0 saturated carbocycles. The van der Waals surface area contributed by atoms with E-state index < -0.39 is 29.7 Å². The number of nitrogens with zero attached hydrogens (tertiary/aromatic N) is 8. The third kappa shape index (κ3) is 6.91. The number of aromatic hydroxyl groups is 1. The Balaban J connectivity index is 1.05. The fraction of sp³-hybridized carbons (Fsp3) is 0.455. The van der Waals surface area contributed by atoms with Gasteiger partial charge in [-0.1, -0.05) is 18.6 Å². The molecular weight excluding hydrogens is 759 g/mol. The number of aliphatic hydroxyl groups excluding tert-OH is 1. The number of terminal acetylenes is 1. The van der Waals surface area contributed by atoms with Crippen LogP contribution >= 0.6 is 0 Å². The lowest BCUT2D eigenvalue weighted by molar-refractivity contribution is -0.130. The smallest absolute Gasteiger partial charge is 0.318 e. The lowest BCUT2D eigenvalue weighted by Crippen LogP contribution is -2.57. The molecule has 0 radical (unpaired) electrons. The molecule has 5 aliphatic heterocycles. The predicted octanol–water partition coefficient (Wildman–Crippen LogP) is 4.36. The average Bonchev–Trinajstić information content (AvgIpc) is 3.65. The number of piperazine rings is 1. The Labute approximate surface area is 341 Å². The number of amides is 1. The third-order valence-electron chi connectivity index (χ3n) is 12.7. The van der Waals surface area contributed by atoms with E-state index in [9.17, 15) is 15.0 Å². The number of rotatable bonds is 8. The van der Waals surface area contributed by atoms with Gasteiger partial charge in [0.2, 0.25) is 5.91 Å². The normalized spacial score (nSPS) is 26.6. The Morgan fingerprint density at radius 3 is 2.76 bits per heavy atom. The summed E-state index contributed by atoms with van der Waals surface area (Å²) in [4.78, 5) is 37.7. The van der Waals surface area contributed by atoms with Crippen LogP contribution in [0.25, 0.3) is 10.8 Å². The van der Waals surface area contributed by atoms with Crippen molar-refractivity contribution in [3.8, 4) is 24.1 Å². The van der Waals surface area contributed by atoms with Gasteiger partial charge in [-0.2, -0.15) is 9.97 Å². The number of phenolic OH excluding ortho intramolecular Hbond substituents is 1. The van der Waals surface area contributed by atoms with Gasteiger partial charge in [0, 0.05) is 55.3 Å². The number of alkyl halides is 1. The summed E-state index contributed by atoms with van der Waals surface area (Å²) in [6.45, 7) is 11.5. The van der Waals surface area contributed by atoms with Crippen LogP contribution in [0.2, 0.25) is 0 Å². The van der Waals surface area contributed by atoms with Gasteiger partial charge in [0.05, 0.1) is 79.2 Å². The molecule has 4 saturated heterocycles. The fourth-order valence-corrected chi connectivity index (χ4v) is 9.89. The van der Waals surface area contributed by atoms with E-state index in [2.05, 4.69) is 29.2 Å². The number of carbonyl (C=O) groups excluding carboxylic acids is 1. The van der Waals surface area contributed by atoms with Gasteiger partial charge in [-0.15, -0.1) is 6.42 Å². The van der Waals surface area contributed by atoms with Crippen LogP contribution in [-0.2, 0) is 22.5 Å². The van der Waals surface area contributed by atoms with Crippen molar-refractivity contribution in [1.29, 1.82) is 0 Å². The second-order valence-electron chi connectivity index (χ2n) is 16.6. The number of fused-ring (bicyclic) bond motifs is 4. The molecule has 1 unspecified atom stereocenters. The van der Waals surface area contributed by atoms with Crippen LogP contribution in [-0.4, -0.2) is 124 Å². The minimum Gasteiger partial charge on any atom is -0.508 e. The molecule has 4 fully saturated rings. The third-order valence-corrected chi connectivity index (χ3v) is 12.7. The van der Waals surface area contributed by atoms with Crippen LogP contribution in [0.1, 0.15) is 43.5 Å². The summed E-state index contributed by atoms with van der Waals surface area (Å²) in [5, 5.41) is 22.9. The monoisotopic (exact) mass is 806 g/mol. The number of hydrogen-bond donors (Lipinski definition) is 2. The van der Waals surface area contributed by atoms with Gasteiger partial charge in [-0.3, -0.25) is 4.79 Å². The molecule has 1 amide bonds. The summed E-state index contributed by atoms with van der Waals surface area (Å²) in [6, 6.07) is 9.59. The molecule has 2 aromatic carbocycles. The minimum absolute atomic E-state index is 0.0160. The van der Waals surface area contributed by atoms with E-state index in [1.54, 1.807) is 29.3 Å². The highest BCUT2D eigenvalue weighted by molar-refractivity contribution is 6.00. The van der Waals surface area contributed by atoms with Crippen molar-refractivity contribution in [2.75, 3.05) is 72.1 Å². The Morgan fingerprint density at radius 1 is 1.17 bits per heavy atom. The Morgan fingerprint density at radius 2 is 2.02 bits per heavy atom. The first kappa shape index (κ1) is 38.8. The SMILES string of the molecule is C#Cc1c(F)ccc2cc(O)cc(N3CCc4c(nc(OC[C@]5(C)C[C@@H](F)CN5c5ccc(N6CCOC[C@H]6C)nc5)nc4N4C[C@H]5CC(O)[C@@H](C4)N5C(=O)C=C)C3)c12. The van der Waals surface area contributed by atoms with Gasteiger partial charge in [-0.05, 0) is 62.4 Å². The van der Waals surface area contributed by atoms with E-state index >= 15 is 8.78 Å². The summed E-state index contributed by atoms with van der Waals surface area (Å²) in [5.74, 6) is 3.26. The number of aliphatic hydroxyl groups is 1. The zero-order valence-electron chi connectivity index (χ0n) is 33.2. The first-order chi connectivity index (χ1) is 28.4. The summed E-state index contributed by atoms with van der Waals surface area (Å²) in [6.07, 6.45) is 8.25. The standard InChI is InChI=1S/C44H48F2N8O5/c1-5-32-34(46)9-7-27-15-31(55)17-36(41(27)32)50-12-11-33-35(22-50)48-43(49-42(33)51-21-30-16-38(56)37(23-51)54(30)40(57)6-2)59-25-44(4)18-28(45)20-53(44)29-8-10-39(47-19-29)52-13-14-58-24-26(52)3/h1,6-10,15,17,19,26,28,30,37-38,55-56H,2,11-14,16,18,20-25H2,3-4H3/t26-,28-,30-,37-,38?,44+/m1/s1. The molecule has 9 rings (SSSR count). The summed E-state index contributed by atoms with van der Waals surface area (Å²) < 4.78 is 42.6. The van der Waals surface area contributed by atoms with E-state index in [0.29, 0.717) is 73.7 Å². The van der Waals surface area contributed by atoms with E-state index in [1.165, 1.54) is 12.1 Å². The number of benzene rings is 2. The highest BCUT2D eigenvalue weighted by Gasteiger charge is 2.48. The molecule has 0 aliphatic carbocycles. The number of aromatic nitrogens is 3. The van der Waals surface area contributed by atoms with Crippen LogP contribution in [0.3, 0.4) is 0 Å². The lowest BCUT2D eigenvalue weighted by atomic mass is 9.98. The average molecular weight is 807 g/mol. The largest absolute Gasteiger partial charge is 0.508 e. The molecule has 308 valence electrons. The summed E-state index contributed by atoms with van der Waals surface area (Å²) >= 11 is 0. The Kier molecular flexibility index (Phi) is 9.95.